The average Bonchev–Trinajstić information content (AvgIpc) is 3.77. The fourth-order valence-electron chi connectivity index (χ4n) is 8.60. The van der Waals surface area contributed by atoms with Gasteiger partial charge in [0.05, 0.1) is 22.1 Å². The van der Waals surface area contributed by atoms with Crippen LogP contribution in [0.4, 0.5) is 0 Å². The van der Waals surface area contributed by atoms with E-state index >= 15 is 0 Å². The lowest BCUT2D eigenvalue weighted by atomic mass is 9.70. The number of aromatic nitrogens is 6. The number of fused-ring (bicyclic) bond motifs is 6. The number of rotatable bonds is 7. The Morgan fingerprint density at radius 3 is 1.04 bits per heavy atom. The molecule has 0 aliphatic heterocycles. The van der Waals surface area contributed by atoms with Gasteiger partial charge in [0, 0.05) is 93.3 Å². The molecule has 0 bridgehead atoms. The molecule has 4 aromatic carbocycles. The van der Waals surface area contributed by atoms with Crippen molar-refractivity contribution >= 4 is 43.6 Å². The van der Waals surface area contributed by atoms with Crippen molar-refractivity contribution in [2.75, 3.05) is 0 Å². The van der Waals surface area contributed by atoms with E-state index in [4.69, 9.17) is 0 Å². The quantitative estimate of drug-likeness (QED) is 0.155. The maximum atomic E-state index is 4.41. The molecule has 264 valence electrons. The standard InChI is InChI=1S/C49H38N6/c1-48(2,34-13-17-38(18-14-34)54-44-21-25-50-29-40(44)41-30-51-26-22-45(41)54)33-9-11-36(12-10-33)49(3,35-7-5-4-6-8-35)37-15-19-39(20-16-37)55-46-23-27-52-31-42(46)43-32-53-28-24-47(43)55/h4-32H,1-3H3. The second kappa shape index (κ2) is 12.6. The third-order valence-corrected chi connectivity index (χ3v) is 11.8. The molecule has 0 saturated carbocycles. The largest absolute Gasteiger partial charge is 0.309 e. The van der Waals surface area contributed by atoms with E-state index < -0.39 is 0 Å². The monoisotopic (exact) mass is 710 g/mol. The summed E-state index contributed by atoms with van der Waals surface area (Å²) in [6.45, 7) is 6.96. The summed E-state index contributed by atoms with van der Waals surface area (Å²) in [4.78, 5) is 17.6. The van der Waals surface area contributed by atoms with Gasteiger partial charge in [-0.1, -0.05) is 92.7 Å². The van der Waals surface area contributed by atoms with Gasteiger partial charge >= 0.3 is 0 Å². The zero-order chi connectivity index (χ0) is 37.1. The van der Waals surface area contributed by atoms with Gasteiger partial charge in [0.15, 0.2) is 0 Å². The fraction of sp³-hybridized carbons (Fsp3) is 0.102. The first-order chi connectivity index (χ1) is 26.9. The van der Waals surface area contributed by atoms with Crippen molar-refractivity contribution in [3.8, 4) is 11.4 Å². The van der Waals surface area contributed by atoms with E-state index in [-0.39, 0.29) is 10.8 Å². The van der Waals surface area contributed by atoms with Crippen LogP contribution >= 0.6 is 0 Å². The lowest BCUT2D eigenvalue weighted by molar-refractivity contribution is 0.637. The number of hydrogen-bond acceptors (Lipinski definition) is 4. The van der Waals surface area contributed by atoms with Crippen LogP contribution in [0.3, 0.4) is 0 Å². The molecule has 55 heavy (non-hydrogen) atoms. The Hall–Kier alpha value is -6.92. The Balaban J connectivity index is 1.00. The highest BCUT2D eigenvalue weighted by Gasteiger charge is 2.32. The molecule has 6 aromatic heterocycles. The van der Waals surface area contributed by atoms with Crippen LogP contribution in [0.2, 0.25) is 0 Å². The summed E-state index contributed by atoms with van der Waals surface area (Å²) in [5, 5.41) is 4.40. The molecule has 1 unspecified atom stereocenters. The molecule has 0 aliphatic carbocycles. The van der Waals surface area contributed by atoms with Gasteiger partial charge in [0.1, 0.15) is 0 Å². The van der Waals surface area contributed by atoms with E-state index in [2.05, 4.69) is 177 Å². The van der Waals surface area contributed by atoms with Gasteiger partial charge in [-0.3, -0.25) is 19.9 Å². The topological polar surface area (TPSA) is 61.4 Å². The molecule has 0 N–H and O–H groups in total. The van der Waals surface area contributed by atoms with E-state index in [1.165, 1.54) is 27.8 Å². The number of nitrogens with zero attached hydrogens (tertiary/aromatic N) is 6. The summed E-state index contributed by atoms with van der Waals surface area (Å²) in [7, 11) is 0. The molecule has 0 fully saturated rings. The van der Waals surface area contributed by atoms with Crippen molar-refractivity contribution in [2.45, 2.75) is 31.6 Å². The molecule has 0 amide bonds. The molecule has 0 radical (unpaired) electrons. The van der Waals surface area contributed by atoms with E-state index in [0.717, 1.165) is 55.0 Å². The summed E-state index contributed by atoms with van der Waals surface area (Å²) in [6, 6.07) is 46.5. The average molecular weight is 711 g/mol. The van der Waals surface area contributed by atoms with Crippen LogP contribution in [0.1, 0.15) is 48.6 Å². The van der Waals surface area contributed by atoms with Crippen LogP contribution in [0, 0.1) is 0 Å². The summed E-state index contributed by atoms with van der Waals surface area (Å²) >= 11 is 0. The molecule has 10 rings (SSSR count). The zero-order valence-electron chi connectivity index (χ0n) is 30.9. The van der Waals surface area contributed by atoms with Crippen molar-refractivity contribution in [3.63, 3.8) is 0 Å². The maximum absolute atomic E-state index is 4.41. The minimum atomic E-state index is -0.383. The highest BCUT2D eigenvalue weighted by Crippen LogP contribution is 2.42. The second-order valence-electron chi connectivity index (χ2n) is 15.0. The molecule has 10 aromatic rings. The Bertz CT molecular complexity index is 2890. The zero-order valence-corrected chi connectivity index (χ0v) is 30.9. The predicted molar refractivity (Wildman–Crippen MR) is 223 cm³/mol. The molecule has 0 saturated heterocycles. The molecule has 0 spiro atoms. The molecule has 6 nitrogen and oxygen atoms in total. The first kappa shape index (κ1) is 32.7. The predicted octanol–water partition coefficient (Wildman–Crippen LogP) is 11.1. The number of pyridine rings is 4. The minimum Gasteiger partial charge on any atom is -0.309 e. The highest BCUT2D eigenvalue weighted by molar-refractivity contribution is 6.09. The number of hydrogen-bond donors (Lipinski definition) is 0. The van der Waals surface area contributed by atoms with Gasteiger partial charge in [-0.25, -0.2) is 0 Å². The van der Waals surface area contributed by atoms with E-state index in [1.54, 1.807) is 0 Å². The molecule has 6 heterocycles. The Morgan fingerprint density at radius 2 is 0.655 bits per heavy atom. The third kappa shape index (κ3) is 5.09. The normalized spacial score (nSPS) is 13.1. The van der Waals surface area contributed by atoms with Crippen molar-refractivity contribution < 1.29 is 0 Å². The minimum absolute atomic E-state index is 0.218. The molecule has 6 heteroatoms. The molecular formula is C49H38N6. The summed E-state index contributed by atoms with van der Waals surface area (Å²) in [5.74, 6) is 0. The van der Waals surface area contributed by atoms with E-state index in [0.29, 0.717) is 0 Å². The Kier molecular flexibility index (Phi) is 7.49. The van der Waals surface area contributed by atoms with Crippen molar-refractivity contribution in [3.05, 3.63) is 205 Å². The molecule has 1 atom stereocenters. The lowest BCUT2D eigenvalue weighted by Crippen LogP contribution is -2.26. The summed E-state index contributed by atoms with van der Waals surface area (Å²) in [5.41, 5.74) is 12.3. The first-order valence-electron chi connectivity index (χ1n) is 18.7. The highest BCUT2D eigenvalue weighted by atomic mass is 15.0. The first-order valence-corrected chi connectivity index (χ1v) is 18.7. The van der Waals surface area contributed by atoms with Crippen LogP contribution in [0.25, 0.3) is 55.0 Å². The fourth-order valence-corrected chi connectivity index (χ4v) is 8.60. The van der Waals surface area contributed by atoms with Gasteiger partial charge in [0.25, 0.3) is 0 Å². The maximum Gasteiger partial charge on any atom is 0.0572 e. The SMILES string of the molecule is CC(C)(c1ccc(-n2c3ccncc3c3cnccc32)cc1)c1ccc(C(C)(c2ccccc2)c2ccc(-n3c4ccncc4c4cnccc43)cc2)cc1. The van der Waals surface area contributed by atoms with Gasteiger partial charge in [0.2, 0.25) is 0 Å². The molecule has 0 aliphatic rings. The van der Waals surface area contributed by atoms with Crippen LogP contribution in [-0.4, -0.2) is 29.1 Å². The summed E-state index contributed by atoms with van der Waals surface area (Å²) < 4.78 is 4.60. The van der Waals surface area contributed by atoms with Crippen molar-refractivity contribution in [1.29, 1.82) is 0 Å². The van der Waals surface area contributed by atoms with Crippen LogP contribution in [0.5, 0.6) is 0 Å². The molecular weight excluding hydrogens is 673 g/mol. The van der Waals surface area contributed by atoms with Crippen LogP contribution in [0.15, 0.2) is 177 Å². The van der Waals surface area contributed by atoms with Gasteiger partial charge in [-0.15, -0.1) is 0 Å². The van der Waals surface area contributed by atoms with Crippen LogP contribution in [-0.2, 0) is 10.8 Å². The number of benzene rings is 4. The lowest BCUT2D eigenvalue weighted by Gasteiger charge is -2.33. The van der Waals surface area contributed by atoms with Gasteiger partial charge in [-0.05, 0) is 83.3 Å². The second-order valence-corrected chi connectivity index (χ2v) is 15.0. The third-order valence-electron chi connectivity index (χ3n) is 11.8. The Labute approximate surface area is 319 Å². The van der Waals surface area contributed by atoms with Crippen molar-refractivity contribution in [1.82, 2.24) is 29.1 Å². The summed E-state index contributed by atoms with van der Waals surface area (Å²) in [6.07, 6.45) is 15.1. The Morgan fingerprint density at radius 1 is 0.345 bits per heavy atom. The van der Waals surface area contributed by atoms with Gasteiger partial charge in [-0.2, -0.15) is 0 Å². The van der Waals surface area contributed by atoms with Crippen LogP contribution < -0.4 is 0 Å². The smallest absolute Gasteiger partial charge is 0.0572 e. The van der Waals surface area contributed by atoms with E-state index in [9.17, 15) is 0 Å². The van der Waals surface area contributed by atoms with E-state index in [1.807, 2.05) is 49.6 Å². The van der Waals surface area contributed by atoms with Crippen molar-refractivity contribution in [2.24, 2.45) is 0 Å². The van der Waals surface area contributed by atoms with Gasteiger partial charge < -0.3 is 9.13 Å².